The number of phenols is 1. The van der Waals surface area contributed by atoms with Crippen molar-refractivity contribution in [2.75, 3.05) is 0 Å². The Morgan fingerprint density at radius 3 is 2.19 bits per heavy atom. The summed E-state index contributed by atoms with van der Waals surface area (Å²) in [6.45, 7) is 0. The predicted octanol–water partition coefficient (Wildman–Crippen LogP) is 2.70. The van der Waals surface area contributed by atoms with Crippen LogP contribution in [-0.2, 0) is 21.6 Å². The van der Waals surface area contributed by atoms with E-state index in [1.165, 1.54) is 0 Å². The lowest BCUT2D eigenvalue weighted by atomic mass is 10.1. The molecule has 0 spiro atoms. The minimum absolute atomic E-state index is 0.209. The van der Waals surface area contributed by atoms with E-state index in [2.05, 4.69) is 22.6 Å². The lowest BCUT2D eigenvalue weighted by molar-refractivity contribution is -0.138. The van der Waals surface area contributed by atoms with Gasteiger partial charge in [-0.1, -0.05) is 6.07 Å². The van der Waals surface area contributed by atoms with Gasteiger partial charge in [0.1, 0.15) is 23.3 Å². The lowest BCUT2D eigenvalue weighted by Crippen LogP contribution is -2.32. The molecule has 0 amide bonds. The van der Waals surface area contributed by atoms with Crippen LogP contribution in [0.5, 0.6) is 17.2 Å². The molecule has 2 aromatic carbocycles. The van der Waals surface area contributed by atoms with Crippen LogP contribution in [0.4, 0.5) is 0 Å². The number of rotatable bonds is 5. The van der Waals surface area contributed by atoms with E-state index >= 15 is 0 Å². The summed E-state index contributed by atoms with van der Waals surface area (Å²) in [4.78, 5) is 10.8. The fourth-order valence-electron chi connectivity index (χ4n) is 1.77. The highest BCUT2D eigenvalue weighted by molar-refractivity contribution is 14.1. The Kier molecular flexibility index (Phi) is 9.16. The molecule has 0 aliphatic carbocycles. The molecule has 1 unspecified atom stereocenters. The van der Waals surface area contributed by atoms with E-state index in [1.54, 1.807) is 30.3 Å². The van der Waals surface area contributed by atoms with Crippen molar-refractivity contribution in [2.45, 2.75) is 12.5 Å². The second kappa shape index (κ2) is 10.4. The molecule has 0 saturated heterocycles. The van der Waals surface area contributed by atoms with Crippen molar-refractivity contribution in [1.29, 1.82) is 0 Å². The minimum atomic E-state index is -4.67. The van der Waals surface area contributed by atoms with Crippen molar-refractivity contribution in [2.24, 2.45) is 5.73 Å². The Bertz CT molecular complexity index is 912. The van der Waals surface area contributed by atoms with Crippen molar-refractivity contribution >= 4 is 61.6 Å². The summed E-state index contributed by atoms with van der Waals surface area (Å²) in [7, 11) is -4.67. The predicted molar refractivity (Wildman–Crippen MR) is 114 cm³/mol. The van der Waals surface area contributed by atoms with Gasteiger partial charge < -0.3 is 20.7 Å². The molecule has 1 atom stereocenters. The van der Waals surface area contributed by atoms with Crippen LogP contribution in [-0.4, -0.2) is 39.7 Å². The first-order valence-corrected chi connectivity index (χ1v) is 10.6. The van der Waals surface area contributed by atoms with E-state index < -0.39 is 22.4 Å². The topological polar surface area (TPSA) is 167 Å². The Hall–Kier alpha value is -1.20. The second-order valence-electron chi connectivity index (χ2n) is 5.08. The van der Waals surface area contributed by atoms with E-state index in [-0.39, 0.29) is 12.2 Å². The maximum atomic E-state index is 10.8. The summed E-state index contributed by atoms with van der Waals surface area (Å²) < 4.78 is 38.9. The molecule has 12 heteroatoms. The number of phenolic OH excluding ortho intramolecular Hbond substituents is 1. The molecule has 27 heavy (non-hydrogen) atoms. The van der Waals surface area contributed by atoms with Gasteiger partial charge in [0.2, 0.25) is 0 Å². The number of aromatic hydroxyl groups is 1. The van der Waals surface area contributed by atoms with E-state index in [4.69, 9.17) is 33.1 Å². The van der Waals surface area contributed by atoms with Gasteiger partial charge in [-0.15, -0.1) is 0 Å². The molecular weight excluding hydrogens is 608 g/mol. The average molecular weight is 623 g/mol. The highest BCUT2D eigenvalue weighted by Gasteiger charge is 2.13. The van der Waals surface area contributed by atoms with Crippen LogP contribution in [0.15, 0.2) is 36.4 Å². The zero-order valence-corrected chi connectivity index (χ0v) is 18.5. The van der Waals surface area contributed by atoms with Crippen LogP contribution in [0.25, 0.3) is 0 Å². The molecule has 0 aliphatic heterocycles. The van der Waals surface area contributed by atoms with Crippen LogP contribution in [0, 0.1) is 7.14 Å². The second-order valence-corrected chi connectivity index (χ2v) is 8.30. The standard InChI is InChI=1S/C15H13I2NO4.H2O4S/c16-10-7-9(2-3-13(10)19)22-14-4-1-8(5-11(14)17)6-12(18)15(20)21;1-5(2,3)4/h1-5,7,12,19H,6,18H2,(H,20,21);(H2,1,2,3,4). The van der Waals surface area contributed by atoms with Gasteiger partial charge in [0.05, 0.1) is 7.14 Å². The third-order valence-corrected chi connectivity index (χ3v) is 4.62. The number of carboxylic acids is 1. The Morgan fingerprint density at radius 1 is 1.11 bits per heavy atom. The molecule has 148 valence electrons. The van der Waals surface area contributed by atoms with Crippen LogP contribution < -0.4 is 10.5 Å². The quantitative estimate of drug-likeness (QED) is 0.249. The molecule has 0 bridgehead atoms. The molecule has 2 rings (SSSR count). The zero-order chi connectivity index (χ0) is 20.8. The number of carboxylic acid groups (broad SMARTS) is 1. The largest absolute Gasteiger partial charge is 0.507 e. The first-order valence-electron chi connectivity index (χ1n) is 7.00. The molecule has 2 aromatic rings. The summed E-state index contributed by atoms with van der Waals surface area (Å²) in [5, 5.41) is 18.3. The molecule has 0 saturated carbocycles. The highest BCUT2D eigenvalue weighted by atomic mass is 127. The van der Waals surface area contributed by atoms with E-state index in [9.17, 15) is 9.90 Å². The van der Waals surface area contributed by atoms with Gasteiger partial charge in [0, 0.05) is 0 Å². The average Bonchev–Trinajstić information content (AvgIpc) is 2.52. The molecule has 9 nitrogen and oxygen atoms in total. The van der Waals surface area contributed by atoms with Gasteiger partial charge in [0.15, 0.2) is 0 Å². The third-order valence-electron chi connectivity index (χ3n) is 2.92. The van der Waals surface area contributed by atoms with Gasteiger partial charge in [-0.25, -0.2) is 0 Å². The van der Waals surface area contributed by atoms with Crippen molar-refractivity contribution in [3.63, 3.8) is 0 Å². The maximum absolute atomic E-state index is 10.8. The Labute approximate surface area is 182 Å². The summed E-state index contributed by atoms with van der Waals surface area (Å²) in [6.07, 6.45) is 0.267. The van der Waals surface area contributed by atoms with Gasteiger partial charge in [-0.2, -0.15) is 8.42 Å². The zero-order valence-electron chi connectivity index (χ0n) is 13.4. The number of nitrogens with two attached hydrogens (primary N) is 1. The summed E-state index contributed by atoms with van der Waals surface area (Å²) >= 11 is 4.15. The number of benzene rings is 2. The fraction of sp³-hybridized carbons (Fsp3) is 0.133. The number of ether oxygens (including phenoxy) is 1. The van der Waals surface area contributed by atoms with Crippen molar-refractivity contribution in [3.05, 3.63) is 49.1 Å². The molecule has 0 heterocycles. The summed E-state index contributed by atoms with van der Waals surface area (Å²) in [6, 6.07) is 9.51. The Morgan fingerprint density at radius 2 is 1.70 bits per heavy atom. The molecule has 0 aliphatic rings. The number of hydrogen-bond donors (Lipinski definition) is 5. The summed E-state index contributed by atoms with van der Waals surface area (Å²) in [5.74, 6) is 0.472. The highest BCUT2D eigenvalue weighted by Crippen LogP contribution is 2.31. The van der Waals surface area contributed by atoms with E-state index in [1.807, 2.05) is 28.7 Å². The van der Waals surface area contributed by atoms with Crippen LogP contribution in [0.3, 0.4) is 0 Å². The molecule has 0 radical (unpaired) electrons. The number of carbonyl (C=O) groups is 1. The minimum Gasteiger partial charge on any atom is -0.507 e. The lowest BCUT2D eigenvalue weighted by Gasteiger charge is -2.11. The van der Waals surface area contributed by atoms with Crippen molar-refractivity contribution < 1.29 is 37.3 Å². The number of hydrogen-bond acceptors (Lipinski definition) is 6. The van der Waals surface area contributed by atoms with Gasteiger partial charge in [0.25, 0.3) is 0 Å². The molecule has 0 aromatic heterocycles. The third kappa shape index (κ3) is 9.52. The van der Waals surface area contributed by atoms with Crippen molar-refractivity contribution in [1.82, 2.24) is 0 Å². The SMILES string of the molecule is NC(Cc1ccc(Oc2ccc(O)c(I)c2)c(I)c1)C(=O)O.O=S(=O)(O)O. The molecule has 0 fully saturated rings. The smallest absolute Gasteiger partial charge is 0.394 e. The maximum Gasteiger partial charge on any atom is 0.394 e. The van der Waals surface area contributed by atoms with E-state index in [0.29, 0.717) is 15.1 Å². The fourth-order valence-corrected chi connectivity index (χ4v) is 2.95. The molecule has 6 N–H and O–H groups in total. The van der Waals surface area contributed by atoms with Crippen LogP contribution >= 0.6 is 45.2 Å². The van der Waals surface area contributed by atoms with Crippen molar-refractivity contribution in [3.8, 4) is 17.2 Å². The first-order chi connectivity index (χ1) is 12.4. The normalized spacial score (nSPS) is 11.9. The van der Waals surface area contributed by atoms with Gasteiger partial charge in [-0.05, 0) is 87.5 Å². The first kappa shape index (κ1) is 23.8. The van der Waals surface area contributed by atoms with Gasteiger partial charge >= 0.3 is 16.4 Å². The Balaban J connectivity index is 0.000000646. The summed E-state index contributed by atoms with van der Waals surface area (Å²) in [5.41, 5.74) is 6.37. The molecular formula is C15H15I2NO8S. The van der Waals surface area contributed by atoms with Gasteiger partial charge in [-0.3, -0.25) is 13.9 Å². The number of aliphatic carboxylic acids is 1. The monoisotopic (exact) mass is 623 g/mol. The van der Waals surface area contributed by atoms with Crippen LogP contribution in [0.2, 0.25) is 0 Å². The van der Waals surface area contributed by atoms with Crippen LogP contribution in [0.1, 0.15) is 5.56 Å². The number of halogens is 2. The van der Waals surface area contributed by atoms with E-state index in [0.717, 1.165) is 9.13 Å².